The minimum atomic E-state index is -4.98. The van der Waals surface area contributed by atoms with E-state index in [0.29, 0.717) is 0 Å². The highest BCUT2D eigenvalue weighted by molar-refractivity contribution is 6.07. The van der Waals surface area contributed by atoms with Crippen molar-refractivity contribution < 1.29 is 40.6 Å². The molecule has 2 aromatic heterocycles. The molecule has 2 heterocycles. The van der Waals surface area contributed by atoms with Crippen molar-refractivity contribution in [3.63, 3.8) is 0 Å². The van der Waals surface area contributed by atoms with Crippen LogP contribution in [-0.2, 0) is 7.05 Å². The molecule has 0 spiro atoms. The van der Waals surface area contributed by atoms with E-state index in [4.69, 9.17) is 0 Å². The Hall–Kier alpha value is -3.58. The van der Waals surface area contributed by atoms with Gasteiger partial charge in [0.1, 0.15) is 5.75 Å². The number of amides is 1. The van der Waals surface area contributed by atoms with Gasteiger partial charge in [-0.3, -0.25) is 14.5 Å². The molecule has 0 saturated carbocycles. The zero-order valence-corrected chi connectivity index (χ0v) is 16.5. The van der Waals surface area contributed by atoms with Crippen molar-refractivity contribution in [2.24, 2.45) is 7.05 Å². The van der Waals surface area contributed by atoms with Gasteiger partial charge in [0.2, 0.25) is 5.88 Å². The molecule has 8 nitrogen and oxygen atoms in total. The SMILES string of the molecule is C[C@@H](NC(=O)c1nn(C)c2cccc(OC(F)(F)F)c12)c1cnc(OCC(F)(F)F)cn1. The van der Waals surface area contributed by atoms with Gasteiger partial charge in [-0.1, -0.05) is 6.07 Å². The van der Waals surface area contributed by atoms with Crippen LogP contribution in [0.4, 0.5) is 26.3 Å². The molecule has 0 fully saturated rings. The number of carbonyl (C=O) groups excluding carboxylic acids is 1. The van der Waals surface area contributed by atoms with E-state index in [-0.39, 0.29) is 28.2 Å². The fraction of sp³-hybridized carbons (Fsp3) is 0.333. The lowest BCUT2D eigenvalue weighted by Crippen LogP contribution is -2.28. The van der Waals surface area contributed by atoms with Crippen LogP contribution >= 0.6 is 0 Å². The molecule has 3 rings (SSSR count). The standard InChI is InChI=1S/C18H15F6N5O3/c1-9(10-6-26-13(7-25-10)31-8-17(19,20)21)27-16(30)15-14-11(29(2)28-15)4-3-5-12(14)32-18(22,23)24/h3-7,9H,8H2,1-2H3,(H,27,30)/t9-/m1/s1. The first-order chi connectivity index (χ1) is 14.8. The molecular formula is C18H15F6N5O3. The second-order valence-corrected chi connectivity index (χ2v) is 6.55. The third kappa shape index (κ3) is 5.56. The number of aryl methyl sites for hydroxylation is 1. The zero-order valence-electron chi connectivity index (χ0n) is 16.5. The molecule has 0 bridgehead atoms. The summed E-state index contributed by atoms with van der Waals surface area (Å²) < 4.78 is 84.5. The highest BCUT2D eigenvalue weighted by Crippen LogP contribution is 2.33. The molecule has 0 saturated heterocycles. The van der Waals surface area contributed by atoms with Gasteiger partial charge >= 0.3 is 12.5 Å². The Balaban J connectivity index is 1.79. The number of ether oxygens (including phenoxy) is 2. The van der Waals surface area contributed by atoms with Crippen LogP contribution < -0.4 is 14.8 Å². The summed E-state index contributed by atoms with van der Waals surface area (Å²) >= 11 is 0. The normalized spacial score (nSPS) is 13.1. The van der Waals surface area contributed by atoms with Crippen LogP contribution in [0.2, 0.25) is 0 Å². The van der Waals surface area contributed by atoms with Crippen molar-refractivity contribution in [3.05, 3.63) is 42.0 Å². The number of benzene rings is 1. The first-order valence-corrected chi connectivity index (χ1v) is 8.88. The van der Waals surface area contributed by atoms with Gasteiger partial charge in [-0.05, 0) is 19.1 Å². The summed E-state index contributed by atoms with van der Waals surface area (Å²) in [4.78, 5) is 20.3. The minimum Gasteiger partial charge on any atom is -0.467 e. The molecular weight excluding hydrogens is 448 g/mol. The van der Waals surface area contributed by atoms with Gasteiger partial charge in [-0.15, -0.1) is 13.2 Å². The Morgan fingerprint density at radius 3 is 2.47 bits per heavy atom. The third-order valence-electron chi connectivity index (χ3n) is 4.10. The second-order valence-electron chi connectivity index (χ2n) is 6.55. The quantitative estimate of drug-likeness (QED) is 0.561. The lowest BCUT2D eigenvalue weighted by Gasteiger charge is -2.14. The van der Waals surface area contributed by atoms with E-state index < -0.39 is 36.8 Å². The molecule has 1 N–H and O–H groups in total. The number of rotatable bonds is 6. The molecule has 1 aromatic carbocycles. The highest BCUT2D eigenvalue weighted by Gasteiger charge is 2.33. The molecule has 0 aliphatic heterocycles. The second kappa shape index (κ2) is 8.51. The minimum absolute atomic E-state index is 0.140. The maximum Gasteiger partial charge on any atom is 0.573 e. The van der Waals surface area contributed by atoms with Crippen molar-refractivity contribution in [1.29, 1.82) is 0 Å². The molecule has 0 unspecified atom stereocenters. The summed E-state index contributed by atoms with van der Waals surface area (Å²) in [6.07, 6.45) is -7.46. The number of aromatic nitrogens is 4. The van der Waals surface area contributed by atoms with E-state index in [1.165, 1.54) is 30.8 Å². The molecule has 0 radical (unpaired) electrons. The van der Waals surface area contributed by atoms with Gasteiger partial charge < -0.3 is 14.8 Å². The van der Waals surface area contributed by atoms with Crippen LogP contribution in [0.25, 0.3) is 10.9 Å². The molecule has 1 atom stereocenters. The number of nitrogens with one attached hydrogen (secondary N) is 1. The van der Waals surface area contributed by atoms with Crippen LogP contribution in [0.1, 0.15) is 29.1 Å². The lowest BCUT2D eigenvalue weighted by atomic mass is 10.1. The number of nitrogens with zero attached hydrogens (tertiary/aromatic N) is 4. The Bertz CT molecular complexity index is 1110. The third-order valence-corrected chi connectivity index (χ3v) is 4.10. The summed E-state index contributed by atoms with van der Waals surface area (Å²) in [5.74, 6) is -1.78. The van der Waals surface area contributed by atoms with Gasteiger partial charge in [-0.25, -0.2) is 4.98 Å². The van der Waals surface area contributed by atoms with Crippen LogP contribution in [0.3, 0.4) is 0 Å². The number of alkyl halides is 6. The van der Waals surface area contributed by atoms with Gasteiger partial charge in [-0.2, -0.15) is 18.3 Å². The molecule has 172 valence electrons. The Morgan fingerprint density at radius 1 is 1.16 bits per heavy atom. The average molecular weight is 463 g/mol. The van der Waals surface area contributed by atoms with Crippen molar-refractivity contribution in [3.8, 4) is 11.6 Å². The average Bonchev–Trinajstić information content (AvgIpc) is 3.03. The maximum absolute atomic E-state index is 12.8. The Labute approximate surface area is 176 Å². The monoisotopic (exact) mass is 463 g/mol. The summed E-state index contributed by atoms with van der Waals surface area (Å²) in [5, 5.41) is 6.35. The van der Waals surface area contributed by atoms with Crippen molar-refractivity contribution in [2.45, 2.75) is 25.5 Å². The van der Waals surface area contributed by atoms with Crippen molar-refractivity contribution in [2.75, 3.05) is 6.61 Å². The van der Waals surface area contributed by atoms with E-state index >= 15 is 0 Å². The van der Waals surface area contributed by atoms with E-state index in [1.54, 1.807) is 0 Å². The molecule has 0 aliphatic carbocycles. The summed E-state index contributed by atoms with van der Waals surface area (Å²) in [6.45, 7) is -0.0428. The van der Waals surface area contributed by atoms with Crippen LogP contribution in [-0.4, -0.2) is 44.8 Å². The fourth-order valence-corrected chi connectivity index (χ4v) is 2.77. The van der Waals surface area contributed by atoms with Gasteiger partial charge in [0, 0.05) is 7.05 Å². The molecule has 0 aliphatic rings. The van der Waals surface area contributed by atoms with Crippen LogP contribution in [0.15, 0.2) is 30.6 Å². The van der Waals surface area contributed by atoms with Crippen LogP contribution in [0.5, 0.6) is 11.6 Å². The smallest absolute Gasteiger partial charge is 0.467 e. The number of fused-ring (bicyclic) bond motifs is 1. The first kappa shape index (κ1) is 23.1. The predicted octanol–water partition coefficient (Wildman–Crippen LogP) is 3.69. The molecule has 32 heavy (non-hydrogen) atoms. The maximum atomic E-state index is 12.8. The van der Waals surface area contributed by atoms with E-state index in [0.717, 1.165) is 18.5 Å². The van der Waals surface area contributed by atoms with Crippen molar-refractivity contribution in [1.82, 2.24) is 25.1 Å². The summed E-state index contributed by atoms with van der Waals surface area (Å²) in [7, 11) is 1.45. The highest BCUT2D eigenvalue weighted by atomic mass is 19.4. The Morgan fingerprint density at radius 2 is 1.88 bits per heavy atom. The largest absolute Gasteiger partial charge is 0.573 e. The summed E-state index contributed by atoms with van der Waals surface area (Å²) in [6, 6.07) is 3.05. The molecule has 3 aromatic rings. The van der Waals surface area contributed by atoms with Crippen LogP contribution in [0, 0.1) is 0 Å². The van der Waals surface area contributed by atoms with E-state index in [9.17, 15) is 31.1 Å². The van der Waals surface area contributed by atoms with Crippen molar-refractivity contribution >= 4 is 16.8 Å². The topological polar surface area (TPSA) is 91.2 Å². The number of hydrogen-bond donors (Lipinski definition) is 1. The molecule has 1 amide bonds. The number of halogens is 6. The fourth-order valence-electron chi connectivity index (χ4n) is 2.77. The zero-order chi connectivity index (χ0) is 23.7. The first-order valence-electron chi connectivity index (χ1n) is 8.88. The summed E-state index contributed by atoms with van der Waals surface area (Å²) in [5.41, 5.74) is 0.0903. The Kier molecular flexibility index (Phi) is 6.14. The predicted molar refractivity (Wildman–Crippen MR) is 96.9 cm³/mol. The van der Waals surface area contributed by atoms with E-state index in [2.05, 4.69) is 29.9 Å². The van der Waals surface area contributed by atoms with E-state index in [1.807, 2.05) is 0 Å². The molecule has 14 heteroatoms. The van der Waals surface area contributed by atoms with Gasteiger partial charge in [0.25, 0.3) is 5.91 Å². The van der Waals surface area contributed by atoms with Gasteiger partial charge in [0.15, 0.2) is 12.3 Å². The van der Waals surface area contributed by atoms with Gasteiger partial charge in [0.05, 0.1) is 35.0 Å². The number of hydrogen-bond acceptors (Lipinski definition) is 6. The number of carbonyl (C=O) groups is 1. The lowest BCUT2D eigenvalue weighted by molar-refractivity contribution is -0.274.